The lowest BCUT2D eigenvalue weighted by Gasteiger charge is -2.71. The van der Waals surface area contributed by atoms with E-state index in [0.717, 1.165) is 6.42 Å². The number of hydrogen-bond donors (Lipinski definition) is 1. The second-order valence-electron chi connectivity index (χ2n) is 13.1. The molecule has 0 amide bonds. The van der Waals surface area contributed by atoms with Gasteiger partial charge in [-0.3, -0.25) is 9.59 Å². The van der Waals surface area contributed by atoms with Crippen LogP contribution in [0.4, 0.5) is 0 Å². The van der Waals surface area contributed by atoms with E-state index < -0.39 is 6.10 Å². The average molecular weight is 447 g/mol. The van der Waals surface area contributed by atoms with Gasteiger partial charge in [-0.2, -0.15) is 0 Å². The molecule has 0 radical (unpaired) electrons. The normalized spacial score (nSPS) is 52.9. The van der Waals surface area contributed by atoms with E-state index in [1.807, 2.05) is 0 Å². The molecule has 32 heavy (non-hydrogen) atoms. The van der Waals surface area contributed by atoms with Gasteiger partial charge in [0.05, 0.1) is 6.10 Å². The van der Waals surface area contributed by atoms with Crippen LogP contribution in [0.25, 0.3) is 0 Å². The predicted molar refractivity (Wildman–Crippen MR) is 126 cm³/mol. The molecular formula is C28H46O4. The number of fused-ring (bicyclic) bond motifs is 5. The number of Topliss-reactive ketones (excluding diaryl/α,β-unsaturated/α-hetero) is 1. The van der Waals surface area contributed by atoms with Crippen molar-refractivity contribution in [2.75, 3.05) is 0 Å². The highest BCUT2D eigenvalue weighted by atomic mass is 16.5. The van der Waals surface area contributed by atoms with E-state index in [1.54, 1.807) is 6.92 Å². The van der Waals surface area contributed by atoms with Gasteiger partial charge in [0, 0.05) is 18.3 Å². The summed E-state index contributed by atoms with van der Waals surface area (Å²) in [5.74, 6) is 0.933. The van der Waals surface area contributed by atoms with Gasteiger partial charge in [-0.15, -0.1) is 0 Å². The minimum atomic E-state index is -0.586. The second-order valence-corrected chi connectivity index (χ2v) is 13.1. The molecule has 0 bridgehead atoms. The Balaban J connectivity index is 1.79. The minimum Gasteiger partial charge on any atom is -0.462 e. The van der Waals surface area contributed by atoms with Crippen molar-refractivity contribution >= 4 is 11.8 Å². The van der Waals surface area contributed by atoms with Crippen LogP contribution in [0.15, 0.2) is 0 Å². The van der Waals surface area contributed by atoms with Crippen molar-refractivity contribution < 1.29 is 19.4 Å². The lowest BCUT2D eigenvalue weighted by atomic mass is 9.34. The molecule has 4 heteroatoms. The first kappa shape index (κ1) is 24.2. The van der Waals surface area contributed by atoms with E-state index in [1.165, 1.54) is 45.4 Å². The van der Waals surface area contributed by atoms with Crippen molar-refractivity contribution in [2.24, 2.45) is 45.3 Å². The molecule has 182 valence electrons. The van der Waals surface area contributed by atoms with Gasteiger partial charge >= 0.3 is 5.97 Å². The van der Waals surface area contributed by atoms with E-state index >= 15 is 0 Å². The van der Waals surface area contributed by atoms with Gasteiger partial charge in [0.15, 0.2) is 0 Å². The topological polar surface area (TPSA) is 63.6 Å². The number of carbonyl (C=O) groups excluding carboxylic acids is 2. The fourth-order valence-corrected chi connectivity index (χ4v) is 9.96. The molecule has 4 nitrogen and oxygen atoms in total. The Kier molecular flexibility index (Phi) is 5.92. The molecule has 0 aromatic carbocycles. The van der Waals surface area contributed by atoms with E-state index in [0.29, 0.717) is 30.1 Å². The molecule has 0 saturated heterocycles. The number of esters is 1. The number of ether oxygens (including phenoxy) is 1. The Hall–Kier alpha value is -0.900. The quantitative estimate of drug-likeness (QED) is 0.545. The van der Waals surface area contributed by atoms with Gasteiger partial charge in [-0.25, -0.2) is 0 Å². The maximum atomic E-state index is 12.4. The van der Waals surface area contributed by atoms with Crippen LogP contribution in [0.5, 0.6) is 0 Å². The molecule has 4 rings (SSSR count). The fraction of sp³-hybridized carbons (Fsp3) is 0.929. The predicted octanol–water partition coefficient (Wildman–Crippen LogP) is 5.94. The standard InChI is InChI=1S/C28H46O4/c1-8-25(4)11-9-12-26(5)21(25)10-13-27(6)22-14-20(31)19(17(2)29)16-28(22,7)24(15-23(26)27)32-18(3)30/h19-24,31H,8-16H2,1-7H3/t19-,20+,21?,22?,23?,24+,25+,26+,27+,28-/m1/s1. The number of aliphatic hydroxyl groups excluding tert-OH is 1. The molecule has 10 atom stereocenters. The number of ketones is 1. The molecule has 1 N–H and O–H groups in total. The smallest absolute Gasteiger partial charge is 0.302 e. The molecule has 4 saturated carbocycles. The first-order valence-corrected chi connectivity index (χ1v) is 13.2. The van der Waals surface area contributed by atoms with E-state index in [2.05, 4.69) is 34.6 Å². The summed E-state index contributed by atoms with van der Waals surface area (Å²) >= 11 is 0. The van der Waals surface area contributed by atoms with Crippen LogP contribution in [0.1, 0.15) is 106 Å². The fourth-order valence-electron chi connectivity index (χ4n) is 9.96. The summed E-state index contributed by atoms with van der Waals surface area (Å²) < 4.78 is 6.09. The summed E-state index contributed by atoms with van der Waals surface area (Å²) in [5, 5.41) is 11.1. The van der Waals surface area contributed by atoms with Crippen LogP contribution in [0.2, 0.25) is 0 Å². The van der Waals surface area contributed by atoms with Gasteiger partial charge in [-0.1, -0.05) is 47.5 Å². The largest absolute Gasteiger partial charge is 0.462 e. The molecule has 4 fully saturated rings. The molecule has 0 heterocycles. The van der Waals surface area contributed by atoms with Gasteiger partial charge in [0.1, 0.15) is 11.9 Å². The lowest BCUT2D eigenvalue weighted by Crippen LogP contribution is -2.67. The molecular weight excluding hydrogens is 400 g/mol. The molecule has 4 aliphatic rings. The average Bonchev–Trinajstić information content (AvgIpc) is 2.70. The number of hydrogen-bond acceptors (Lipinski definition) is 4. The highest BCUT2D eigenvalue weighted by molar-refractivity contribution is 5.79. The molecule has 4 aliphatic carbocycles. The summed E-state index contributed by atoms with van der Waals surface area (Å²) in [6.07, 6.45) is 8.92. The zero-order valence-electron chi connectivity index (χ0n) is 21.5. The summed E-state index contributed by atoms with van der Waals surface area (Å²) in [6, 6.07) is 0. The monoisotopic (exact) mass is 446 g/mol. The maximum Gasteiger partial charge on any atom is 0.302 e. The highest BCUT2D eigenvalue weighted by Crippen LogP contribution is 2.73. The maximum absolute atomic E-state index is 12.4. The minimum absolute atomic E-state index is 0.0627. The first-order valence-electron chi connectivity index (χ1n) is 13.2. The summed E-state index contributed by atoms with van der Waals surface area (Å²) in [4.78, 5) is 24.6. The van der Waals surface area contributed by atoms with Gasteiger partial charge in [-0.05, 0) is 85.9 Å². The molecule has 0 aromatic rings. The van der Waals surface area contributed by atoms with Gasteiger partial charge in [0.2, 0.25) is 0 Å². The van der Waals surface area contributed by atoms with Crippen LogP contribution in [-0.2, 0) is 14.3 Å². The second kappa shape index (κ2) is 7.82. The third-order valence-electron chi connectivity index (χ3n) is 11.7. The van der Waals surface area contributed by atoms with Crippen LogP contribution in [0.3, 0.4) is 0 Å². The Bertz CT molecular complexity index is 777. The highest BCUT2D eigenvalue weighted by Gasteiger charge is 2.68. The van der Waals surface area contributed by atoms with Crippen LogP contribution in [-0.4, -0.2) is 29.1 Å². The van der Waals surface area contributed by atoms with Crippen molar-refractivity contribution in [2.45, 2.75) is 118 Å². The van der Waals surface area contributed by atoms with Crippen LogP contribution >= 0.6 is 0 Å². The van der Waals surface area contributed by atoms with Crippen molar-refractivity contribution in [3.05, 3.63) is 0 Å². The van der Waals surface area contributed by atoms with E-state index in [4.69, 9.17) is 4.74 Å². The van der Waals surface area contributed by atoms with Crippen molar-refractivity contribution in [3.8, 4) is 0 Å². The summed E-state index contributed by atoms with van der Waals surface area (Å²) in [7, 11) is 0. The van der Waals surface area contributed by atoms with Crippen LogP contribution in [0, 0.1) is 45.3 Å². The van der Waals surface area contributed by atoms with Gasteiger partial charge < -0.3 is 9.84 Å². The number of rotatable bonds is 3. The summed E-state index contributed by atoms with van der Waals surface area (Å²) in [6.45, 7) is 15.3. The number of carbonyl (C=O) groups is 2. The summed E-state index contributed by atoms with van der Waals surface area (Å²) in [5.41, 5.74) is 0.458. The molecule has 3 unspecified atom stereocenters. The SMILES string of the molecule is CC[C@@]1(C)CCC[C@@]2(C)C1CC[C@]1(C)C2C[C@H](OC(C)=O)[C@]2(C)C[C@H](C(C)=O)[C@@H](O)CC12. The Morgan fingerprint density at radius 1 is 0.906 bits per heavy atom. The Labute approximate surface area is 195 Å². The Morgan fingerprint density at radius 3 is 2.12 bits per heavy atom. The molecule has 0 spiro atoms. The Morgan fingerprint density at radius 2 is 1.53 bits per heavy atom. The van der Waals surface area contributed by atoms with Crippen molar-refractivity contribution in [3.63, 3.8) is 0 Å². The zero-order valence-corrected chi connectivity index (χ0v) is 21.5. The third kappa shape index (κ3) is 3.33. The van der Waals surface area contributed by atoms with E-state index in [9.17, 15) is 14.7 Å². The van der Waals surface area contributed by atoms with Crippen molar-refractivity contribution in [1.29, 1.82) is 0 Å². The third-order valence-corrected chi connectivity index (χ3v) is 11.7. The lowest BCUT2D eigenvalue weighted by molar-refractivity contribution is -0.251. The first-order chi connectivity index (χ1) is 14.8. The van der Waals surface area contributed by atoms with Crippen LogP contribution < -0.4 is 0 Å². The molecule has 0 aromatic heterocycles. The van der Waals surface area contributed by atoms with Crippen molar-refractivity contribution in [1.82, 2.24) is 0 Å². The zero-order chi connectivity index (χ0) is 23.7. The van der Waals surface area contributed by atoms with E-state index in [-0.39, 0.29) is 45.9 Å². The number of aliphatic hydroxyl groups is 1. The van der Waals surface area contributed by atoms with Gasteiger partial charge in [0.25, 0.3) is 0 Å². The molecule has 0 aliphatic heterocycles.